The predicted molar refractivity (Wildman–Crippen MR) is 258 cm³/mol. The number of hydrogen-bond donors (Lipinski definition) is 0. The van der Waals surface area contributed by atoms with Gasteiger partial charge in [-0.1, -0.05) is 194 Å². The van der Waals surface area contributed by atoms with E-state index < -0.39 is 48.7 Å². The third kappa shape index (κ3) is 10.6. The van der Waals surface area contributed by atoms with Gasteiger partial charge in [0.2, 0.25) is 14.9 Å². The van der Waals surface area contributed by atoms with Crippen molar-refractivity contribution in [1.82, 2.24) is 0 Å². The van der Waals surface area contributed by atoms with Crippen molar-refractivity contribution >= 4 is 59.4 Å². The minimum absolute atomic E-state index is 0.337. The minimum Gasteiger partial charge on any atom is -0.435 e. The van der Waals surface area contributed by atoms with E-state index in [4.69, 9.17) is 16.5 Å². The van der Waals surface area contributed by atoms with Gasteiger partial charge in [0.25, 0.3) is 0 Å². The van der Waals surface area contributed by atoms with Gasteiger partial charge < -0.3 is 16.5 Å². The lowest BCUT2D eigenvalue weighted by atomic mass is 10.5. The standard InChI is InChI=1S/C42H98O4SSi6/c1-29(2)48(30(3)4,31(5)6)43-50(35(13)14,36(15)16)45-52(39(21)22,40(23)24)47-53(41(25)26,42(27)28)46-51(37(17)18,38(19)20)44-49(32(7)8,33(9)10)34(11)12/h29-42H,1-28H3. The molecule has 0 unspecified atom stereocenters. The fourth-order valence-corrected chi connectivity index (χ4v) is 74.9. The molecule has 11 heteroatoms. The van der Waals surface area contributed by atoms with Crippen LogP contribution in [0.2, 0.25) is 77.6 Å². The fourth-order valence-electron chi connectivity index (χ4n) is 10.6. The molecule has 0 aliphatic heterocycles. The quantitative estimate of drug-likeness (QED) is 0.0904. The highest BCUT2D eigenvalue weighted by Gasteiger charge is 2.66. The molecule has 320 valence electrons. The largest absolute Gasteiger partial charge is 0.435 e. The fraction of sp³-hybridized carbons (Fsp3) is 1.00. The average Bonchev–Trinajstić information content (AvgIpc) is 2.97. The van der Waals surface area contributed by atoms with Crippen LogP contribution in [0.25, 0.3) is 0 Å². The maximum Gasteiger partial charge on any atom is 0.323 e. The lowest BCUT2D eigenvalue weighted by Gasteiger charge is -2.58. The summed E-state index contributed by atoms with van der Waals surface area (Å²) >= 11 is 0. The minimum atomic E-state index is -2.83. The van der Waals surface area contributed by atoms with Crippen molar-refractivity contribution in [3.8, 4) is 0 Å². The van der Waals surface area contributed by atoms with Crippen molar-refractivity contribution in [2.24, 2.45) is 0 Å². The van der Waals surface area contributed by atoms with Crippen LogP contribution in [0, 0.1) is 0 Å². The van der Waals surface area contributed by atoms with Crippen LogP contribution in [0.4, 0.5) is 0 Å². The van der Waals surface area contributed by atoms with E-state index in [-0.39, 0.29) is 0 Å². The highest BCUT2D eigenvalue weighted by Crippen LogP contribution is 2.60. The van der Waals surface area contributed by atoms with Gasteiger partial charge in [0, 0.05) is 0 Å². The van der Waals surface area contributed by atoms with Crippen LogP contribution in [-0.4, -0.2) is 48.7 Å². The molecule has 0 heterocycles. The van der Waals surface area contributed by atoms with Crippen molar-refractivity contribution in [2.45, 2.75) is 271 Å². The summed E-state index contributed by atoms with van der Waals surface area (Å²) in [6, 6.07) is 0. The second kappa shape index (κ2) is 20.6. The van der Waals surface area contributed by atoms with Gasteiger partial charge in [-0.05, 0) is 77.6 Å². The highest BCUT2D eigenvalue weighted by atomic mass is 32.5. The lowest BCUT2D eigenvalue weighted by molar-refractivity contribution is 0.316. The number of rotatable bonds is 24. The second-order valence-electron chi connectivity index (χ2n) is 21.3. The van der Waals surface area contributed by atoms with E-state index in [2.05, 4.69) is 205 Å². The molecule has 0 atom stereocenters. The zero-order chi connectivity index (χ0) is 42.6. The van der Waals surface area contributed by atoms with Gasteiger partial charge in [0.1, 0.15) is 0 Å². The van der Waals surface area contributed by atoms with Crippen molar-refractivity contribution < 1.29 is 16.5 Å². The van der Waals surface area contributed by atoms with Gasteiger partial charge in [0.05, 0.1) is 0 Å². The Kier molecular flexibility index (Phi) is 21.2. The second-order valence-corrected chi connectivity index (χ2v) is 56.4. The summed E-state index contributed by atoms with van der Waals surface area (Å²) in [7, 11) is -13.2. The first kappa shape index (κ1) is 54.5. The van der Waals surface area contributed by atoms with Gasteiger partial charge in [-0.3, -0.25) is 0 Å². The number of hydrogen-bond acceptors (Lipinski definition) is 5. The SMILES string of the molecule is CC(C)[Si](O[Si](S[Si](O[Si](O[Si](C(C)C)(C(C)C)C(C)C)(C(C)C)C(C)C)(C(C)C)C(C)C)(C(C)C)C(C)C)(O[Si](C(C)C)(C(C)C)C(C)C)C(C)C. The molecular weight excluding hydrogens is 769 g/mol. The summed E-state index contributed by atoms with van der Waals surface area (Å²) in [5, 5.41) is 0. The van der Waals surface area contributed by atoms with Crippen LogP contribution in [0.15, 0.2) is 0 Å². The molecule has 0 radical (unpaired) electrons. The molecule has 0 aromatic rings. The molecule has 0 saturated heterocycles. The molecule has 0 aliphatic carbocycles. The Labute approximate surface area is 345 Å². The first-order valence-corrected chi connectivity index (χ1v) is 36.9. The summed E-state index contributed by atoms with van der Waals surface area (Å²) in [4.78, 5) is 0. The van der Waals surface area contributed by atoms with E-state index in [1.54, 1.807) is 0 Å². The zero-order valence-electron chi connectivity index (χ0n) is 41.1. The van der Waals surface area contributed by atoms with Crippen LogP contribution in [0.3, 0.4) is 0 Å². The summed E-state index contributed by atoms with van der Waals surface area (Å²) < 4.78 is 33.3. The molecule has 0 fully saturated rings. The van der Waals surface area contributed by atoms with E-state index in [9.17, 15) is 0 Å². The summed E-state index contributed by atoms with van der Waals surface area (Å²) in [6.45, 7) is 68.6. The molecule has 0 N–H and O–H groups in total. The Morgan fingerprint density at radius 3 is 0.509 bits per heavy atom. The topological polar surface area (TPSA) is 36.9 Å². The Balaban J connectivity index is 8.41. The smallest absolute Gasteiger partial charge is 0.323 e. The molecule has 0 aliphatic rings. The summed E-state index contributed by atoms with van der Waals surface area (Å²) in [5.74, 6) is 0. The van der Waals surface area contributed by atoms with Gasteiger partial charge >= 0.3 is 17.1 Å². The Bertz CT molecular complexity index is 914. The van der Waals surface area contributed by atoms with Gasteiger partial charge in [-0.15, -0.1) is 10.7 Å². The molecule has 0 bridgehead atoms. The van der Waals surface area contributed by atoms with Crippen LogP contribution in [0.5, 0.6) is 0 Å². The highest BCUT2D eigenvalue weighted by molar-refractivity contribution is 8.49. The van der Waals surface area contributed by atoms with Crippen LogP contribution >= 0.6 is 10.7 Å². The van der Waals surface area contributed by atoms with E-state index in [0.717, 1.165) is 0 Å². The summed E-state index contributed by atoms with van der Waals surface area (Å²) in [6.07, 6.45) is 0. The van der Waals surface area contributed by atoms with E-state index in [0.29, 0.717) is 77.6 Å². The Morgan fingerprint density at radius 2 is 0.396 bits per heavy atom. The lowest BCUT2D eigenvalue weighted by Crippen LogP contribution is -2.68. The Hall–Kier alpha value is 1.49. The Morgan fingerprint density at radius 1 is 0.226 bits per heavy atom. The maximum atomic E-state index is 8.48. The molecular formula is C42H98O4SSi6. The third-order valence-corrected chi connectivity index (χ3v) is 63.1. The van der Waals surface area contributed by atoms with Gasteiger partial charge in [0.15, 0.2) is 16.6 Å². The van der Waals surface area contributed by atoms with Crippen LogP contribution < -0.4 is 0 Å². The molecule has 4 nitrogen and oxygen atoms in total. The molecule has 0 rings (SSSR count). The van der Waals surface area contributed by atoms with Crippen molar-refractivity contribution in [2.75, 3.05) is 0 Å². The van der Waals surface area contributed by atoms with Crippen molar-refractivity contribution in [3.63, 3.8) is 0 Å². The molecule has 0 aromatic heterocycles. The molecule has 0 amide bonds. The summed E-state index contributed by atoms with van der Waals surface area (Å²) in [5.41, 5.74) is 5.98. The molecule has 0 spiro atoms. The zero-order valence-corrected chi connectivity index (χ0v) is 47.9. The monoisotopic (exact) mass is 867 g/mol. The third-order valence-electron chi connectivity index (χ3n) is 13.5. The average molecular weight is 868 g/mol. The van der Waals surface area contributed by atoms with E-state index in [1.165, 1.54) is 0 Å². The molecule has 0 aromatic carbocycles. The first-order chi connectivity index (χ1) is 23.7. The van der Waals surface area contributed by atoms with Gasteiger partial charge in [-0.2, -0.15) is 0 Å². The first-order valence-electron chi connectivity index (χ1n) is 22.2. The van der Waals surface area contributed by atoms with E-state index in [1.807, 2.05) is 0 Å². The van der Waals surface area contributed by atoms with Crippen molar-refractivity contribution in [1.29, 1.82) is 0 Å². The maximum absolute atomic E-state index is 8.48. The molecule has 0 saturated carbocycles. The van der Waals surface area contributed by atoms with Gasteiger partial charge in [-0.25, -0.2) is 0 Å². The van der Waals surface area contributed by atoms with E-state index >= 15 is 0 Å². The van der Waals surface area contributed by atoms with Crippen LogP contribution in [-0.2, 0) is 16.5 Å². The predicted octanol–water partition coefficient (Wildman–Crippen LogP) is 17.2. The molecule has 53 heavy (non-hydrogen) atoms. The van der Waals surface area contributed by atoms with Crippen LogP contribution in [0.1, 0.15) is 194 Å². The normalized spacial score (nSPS) is 15.3. The van der Waals surface area contributed by atoms with Crippen molar-refractivity contribution in [3.05, 3.63) is 0 Å².